The summed E-state index contributed by atoms with van der Waals surface area (Å²) in [6.07, 6.45) is 2.28. The standard InChI is InChI=1S/C13H24N4O6S/c1-7(13(22)23)16-10(19)5-15-12(21)9(6-18)17-11(20)8(14)3-4-24-2/h7-9,18H,3-6,14H2,1-2H3,(H,15,21)(H,16,19)(H,17,20)(H,22,23). The van der Waals surface area contributed by atoms with Gasteiger partial charge in [-0.3, -0.25) is 19.2 Å². The number of amides is 3. The first-order valence-corrected chi connectivity index (χ1v) is 8.57. The maximum absolute atomic E-state index is 11.8. The molecule has 0 saturated carbocycles. The number of hydrogen-bond donors (Lipinski definition) is 6. The smallest absolute Gasteiger partial charge is 0.325 e. The number of aliphatic carboxylic acids is 1. The van der Waals surface area contributed by atoms with E-state index in [1.165, 1.54) is 18.7 Å². The van der Waals surface area contributed by atoms with E-state index in [1.54, 1.807) is 0 Å². The van der Waals surface area contributed by atoms with Crippen molar-refractivity contribution in [3.63, 3.8) is 0 Å². The number of carboxylic acids is 1. The lowest BCUT2D eigenvalue weighted by molar-refractivity contribution is -0.141. The van der Waals surface area contributed by atoms with Crippen LogP contribution in [0.2, 0.25) is 0 Å². The van der Waals surface area contributed by atoms with Crippen molar-refractivity contribution < 1.29 is 29.4 Å². The van der Waals surface area contributed by atoms with Crippen LogP contribution >= 0.6 is 11.8 Å². The van der Waals surface area contributed by atoms with Gasteiger partial charge in [-0.1, -0.05) is 0 Å². The Morgan fingerprint density at radius 3 is 2.29 bits per heavy atom. The third-order valence-corrected chi connectivity index (χ3v) is 3.60. The molecule has 138 valence electrons. The number of carboxylic acid groups (broad SMARTS) is 1. The normalized spacial score (nSPS) is 14.2. The highest BCUT2D eigenvalue weighted by Gasteiger charge is 2.23. The van der Waals surface area contributed by atoms with E-state index in [2.05, 4.69) is 16.0 Å². The fraction of sp³-hybridized carbons (Fsp3) is 0.692. The minimum absolute atomic E-state index is 0.419. The Bertz CT molecular complexity index is 462. The first kappa shape index (κ1) is 22.1. The molecule has 11 heteroatoms. The predicted molar refractivity (Wildman–Crippen MR) is 88.2 cm³/mol. The molecule has 0 saturated heterocycles. The van der Waals surface area contributed by atoms with Gasteiger partial charge in [0.2, 0.25) is 17.7 Å². The van der Waals surface area contributed by atoms with Crippen molar-refractivity contribution >= 4 is 35.5 Å². The monoisotopic (exact) mass is 364 g/mol. The minimum Gasteiger partial charge on any atom is -0.480 e. The van der Waals surface area contributed by atoms with Crippen molar-refractivity contribution in [2.75, 3.05) is 25.2 Å². The van der Waals surface area contributed by atoms with Crippen LogP contribution in [0.5, 0.6) is 0 Å². The van der Waals surface area contributed by atoms with Gasteiger partial charge in [0.25, 0.3) is 0 Å². The van der Waals surface area contributed by atoms with E-state index in [1.807, 2.05) is 6.26 Å². The largest absolute Gasteiger partial charge is 0.480 e. The third kappa shape index (κ3) is 8.70. The summed E-state index contributed by atoms with van der Waals surface area (Å²) in [7, 11) is 0. The number of nitrogens with two attached hydrogens (primary N) is 1. The molecule has 24 heavy (non-hydrogen) atoms. The highest BCUT2D eigenvalue weighted by Crippen LogP contribution is 1.99. The Morgan fingerprint density at radius 1 is 1.17 bits per heavy atom. The average Bonchev–Trinajstić information content (AvgIpc) is 2.54. The lowest BCUT2D eigenvalue weighted by Crippen LogP contribution is -2.54. The Hall–Kier alpha value is -1.85. The SMILES string of the molecule is CSCCC(N)C(=O)NC(CO)C(=O)NCC(=O)NC(C)C(=O)O. The molecule has 3 unspecified atom stereocenters. The van der Waals surface area contributed by atoms with Crippen LogP contribution in [-0.2, 0) is 19.2 Å². The molecule has 3 atom stereocenters. The zero-order chi connectivity index (χ0) is 18.7. The van der Waals surface area contributed by atoms with E-state index in [4.69, 9.17) is 10.8 Å². The molecule has 3 amide bonds. The van der Waals surface area contributed by atoms with Crippen molar-refractivity contribution in [3.05, 3.63) is 0 Å². The van der Waals surface area contributed by atoms with Gasteiger partial charge in [0, 0.05) is 0 Å². The van der Waals surface area contributed by atoms with Gasteiger partial charge in [-0.05, 0) is 25.4 Å². The lowest BCUT2D eigenvalue weighted by atomic mass is 10.2. The molecule has 0 aromatic heterocycles. The summed E-state index contributed by atoms with van der Waals surface area (Å²) in [5, 5.41) is 24.5. The predicted octanol–water partition coefficient (Wildman–Crippen LogP) is -2.75. The lowest BCUT2D eigenvalue weighted by Gasteiger charge is -2.19. The molecule has 0 heterocycles. The summed E-state index contributed by atoms with van der Waals surface area (Å²) < 4.78 is 0. The number of rotatable bonds is 11. The van der Waals surface area contributed by atoms with Crippen LogP contribution in [0.15, 0.2) is 0 Å². The summed E-state index contributed by atoms with van der Waals surface area (Å²) in [5.41, 5.74) is 5.65. The first-order chi connectivity index (χ1) is 11.2. The first-order valence-electron chi connectivity index (χ1n) is 7.18. The molecule has 0 aliphatic carbocycles. The van der Waals surface area contributed by atoms with Gasteiger partial charge in [0.15, 0.2) is 0 Å². The molecule has 0 spiro atoms. The van der Waals surface area contributed by atoms with Crippen LogP contribution in [0, 0.1) is 0 Å². The molecule has 0 fully saturated rings. The van der Waals surface area contributed by atoms with E-state index < -0.39 is 55.0 Å². The molecule has 0 rings (SSSR count). The quantitative estimate of drug-likeness (QED) is 0.229. The second-order valence-corrected chi connectivity index (χ2v) is 5.96. The van der Waals surface area contributed by atoms with Gasteiger partial charge in [-0.25, -0.2) is 0 Å². The average molecular weight is 364 g/mol. The van der Waals surface area contributed by atoms with Crippen LogP contribution < -0.4 is 21.7 Å². The van der Waals surface area contributed by atoms with Gasteiger partial charge >= 0.3 is 5.97 Å². The summed E-state index contributed by atoms with van der Waals surface area (Å²) in [5.74, 6) is -2.61. The molecule has 0 radical (unpaired) electrons. The molecule has 0 bridgehead atoms. The number of nitrogens with one attached hydrogen (secondary N) is 3. The second-order valence-electron chi connectivity index (χ2n) is 4.98. The highest BCUT2D eigenvalue weighted by atomic mass is 32.2. The van der Waals surface area contributed by atoms with Crippen LogP contribution in [0.3, 0.4) is 0 Å². The Labute approximate surface area is 143 Å². The van der Waals surface area contributed by atoms with E-state index in [0.717, 1.165) is 0 Å². The van der Waals surface area contributed by atoms with Crippen LogP contribution in [0.1, 0.15) is 13.3 Å². The number of thioether (sulfide) groups is 1. The van der Waals surface area contributed by atoms with Crippen molar-refractivity contribution in [2.45, 2.75) is 31.5 Å². The molecular weight excluding hydrogens is 340 g/mol. The molecule has 0 aliphatic heterocycles. The fourth-order valence-electron chi connectivity index (χ4n) is 1.49. The summed E-state index contributed by atoms with van der Waals surface area (Å²) in [6, 6.07) is -3.15. The number of aliphatic hydroxyl groups excluding tert-OH is 1. The fourth-order valence-corrected chi connectivity index (χ4v) is 1.98. The van der Waals surface area contributed by atoms with E-state index in [-0.39, 0.29) is 0 Å². The number of carbonyl (C=O) groups is 4. The van der Waals surface area contributed by atoms with Gasteiger partial charge in [0.05, 0.1) is 19.2 Å². The third-order valence-electron chi connectivity index (χ3n) is 2.96. The topological polar surface area (TPSA) is 171 Å². The van der Waals surface area contributed by atoms with Crippen LogP contribution in [-0.4, -0.2) is 77.2 Å². The number of hydrogen-bond acceptors (Lipinski definition) is 7. The minimum atomic E-state index is -1.25. The number of carbonyl (C=O) groups excluding carboxylic acids is 3. The zero-order valence-electron chi connectivity index (χ0n) is 13.6. The molecule has 10 nitrogen and oxygen atoms in total. The Kier molecular flexibility index (Phi) is 10.8. The zero-order valence-corrected chi connectivity index (χ0v) is 14.4. The van der Waals surface area contributed by atoms with Crippen molar-refractivity contribution in [3.8, 4) is 0 Å². The Balaban J connectivity index is 4.37. The molecule has 7 N–H and O–H groups in total. The van der Waals surface area contributed by atoms with Crippen molar-refractivity contribution in [1.29, 1.82) is 0 Å². The molecule has 0 aliphatic rings. The second kappa shape index (κ2) is 11.6. The van der Waals surface area contributed by atoms with Gasteiger partial charge in [0.1, 0.15) is 12.1 Å². The van der Waals surface area contributed by atoms with Crippen LogP contribution in [0.4, 0.5) is 0 Å². The number of aliphatic hydroxyl groups is 1. The van der Waals surface area contributed by atoms with E-state index >= 15 is 0 Å². The highest BCUT2D eigenvalue weighted by molar-refractivity contribution is 7.98. The van der Waals surface area contributed by atoms with Crippen molar-refractivity contribution in [1.82, 2.24) is 16.0 Å². The Morgan fingerprint density at radius 2 is 1.79 bits per heavy atom. The van der Waals surface area contributed by atoms with Crippen LogP contribution in [0.25, 0.3) is 0 Å². The van der Waals surface area contributed by atoms with Gasteiger partial charge in [-0.2, -0.15) is 11.8 Å². The van der Waals surface area contributed by atoms with E-state index in [0.29, 0.717) is 12.2 Å². The summed E-state index contributed by atoms with van der Waals surface area (Å²) >= 11 is 1.52. The maximum Gasteiger partial charge on any atom is 0.325 e. The summed E-state index contributed by atoms with van der Waals surface area (Å²) in [4.78, 5) is 45.7. The molecule has 0 aromatic rings. The van der Waals surface area contributed by atoms with E-state index in [9.17, 15) is 24.3 Å². The molecule has 0 aromatic carbocycles. The molecular formula is C13H24N4O6S. The van der Waals surface area contributed by atoms with Gasteiger partial charge < -0.3 is 31.9 Å². The summed E-state index contributed by atoms with van der Waals surface area (Å²) in [6.45, 7) is 0.121. The van der Waals surface area contributed by atoms with Gasteiger partial charge in [-0.15, -0.1) is 0 Å². The van der Waals surface area contributed by atoms with Crippen molar-refractivity contribution in [2.24, 2.45) is 5.73 Å². The maximum atomic E-state index is 11.8.